The van der Waals surface area contributed by atoms with Crippen molar-refractivity contribution in [2.75, 3.05) is 13.2 Å². The molecule has 0 unspecified atom stereocenters. The number of aromatic amines is 1. The van der Waals surface area contributed by atoms with Gasteiger partial charge in [-0.05, 0) is 26.2 Å². The number of nitrogens with zero attached hydrogens (tertiary/aromatic N) is 3. The Morgan fingerprint density at radius 1 is 1.62 bits per heavy atom. The number of hydrogen-bond donors (Lipinski definition) is 1. The lowest BCUT2D eigenvalue weighted by atomic mass is 10.0. The van der Waals surface area contributed by atoms with Crippen LogP contribution < -0.4 is 10.3 Å². The van der Waals surface area contributed by atoms with Crippen LogP contribution in [0.3, 0.4) is 0 Å². The molecule has 9 heteroatoms. The molecule has 0 aromatic carbocycles. The number of aromatic nitrogens is 2. The standard InChI is InChI=1S/C12H16N4O5/c1-8-4-2-3-5-15(8)9(17)6-21-12-10(16(19)20)11(18)13-7-14-12/h7-8H,2-6H2,1H3,(H,13,14,18)/t8-/m1/s1. The van der Waals surface area contributed by atoms with Crippen molar-refractivity contribution in [3.8, 4) is 5.88 Å². The first kappa shape index (κ1) is 14.9. The predicted molar refractivity (Wildman–Crippen MR) is 72.0 cm³/mol. The quantitative estimate of drug-likeness (QED) is 0.636. The van der Waals surface area contributed by atoms with E-state index < -0.39 is 22.0 Å². The maximum absolute atomic E-state index is 12.1. The van der Waals surface area contributed by atoms with Crippen molar-refractivity contribution in [1.29, 1.82) is 0 Å². The van der Waals surface area contributed by atoms with E-state index in [4.69, 9.17) is 4.74 Å². The lowest BCUT2D eigenvalue weighted by molar-refractivity contribution is -0.387. The molecular weight excluding hydrogens is 280 g/mol. The van der Waals surface area contributed by atoms with Gasteiger partial charge in [0, 0.05) is 12.6 Å². The van der Waals surface area contributed by atoms with Gasteiger partial charge in [0.25, 0.3) is 5.91 Å². The zero-order valence-corrected chi connectivity index (χ0v) is 11.6. The predicted octanol–water partition coefficient (Wildman–Crippen LogP) is 0.458. The highest BCUT2D eigenvalue weighted by Gasteiger charge is 2.26. The molecule has 21 heavy (non-hydrogen) atoms. The summed E-state index contributed by atoms with van der Waals surface area (Å²) in [5.41, 5.74) is -1.71. The fraction of sp³-hybridized carbons (Fsp3) is 0.583. The molecular formula is C12H16N4O5. The fourth-order valence-corrected chi connectivity index (χ4v) is 2.32. The summed E-state index contributed by atoms with van der Waals surface area (Å²) in [6.07, 6.45) is 3.93. The summed E-state index contributed by atoms with van der Waals surface area (Å²) >= 11 is 0. The van der Waals surface area contributed by atoms with Crippen LogP contribution in [-0.2, 0) is 4.79 Å². The molecule has 1 aliphatic heterocycles. The van der Waals surface area contributed by atoms with Gasteiger partial charge in [-0.3, -0.25) is 19.7 Å². The Balaban J connectivity index is 2.06. The van der Waals surface area contributed by atoms with Gasteiger partial charge < -0.3 is 14.6 Å². The summed E-state index contributed by atoms with van der Waals surface area (Å²) in [6.45, 7) is 2.22. The van der Waals surface area contributed by atoms with Gasteiger partial charge >= 0.3 is 17.1 Å². The number of likely N-dealkylation sites (tertiary alicyclic amines) is 1. The number of hydrogen-bond acceptors (Lipinski definition) is 6. The highest BCUT2D eigenvalue weighted by Crippen LogP contribution is 2.19. The van der Waals surface area contributed by atoms with Gasteiger partial charge in [-0.25, -0.2) is 0 Å². The van der Waals surface area contributed by atoms with Crippen LogP contribution in [0.25, 0.3) is 0 Å². The summed E-state index contributed by atoms with van der Waals surface area (Å²) < 4.78 is 5.08. The highest BCUT2D eigenvalue weighted by atomic mass is 16.6. The van der Waals surface area contributed by atoms with Gasteiger partial charge in [0.2, 0.25) is 0 Å². The molecule has 0 saturated carbocycles. The molecule has 1 amide bonds. The second-order valence-electron chi connectivity index (χ2n) is 4.86. The van der Waals surface area contributed by atoms with Crippen LogP contribution in [0, 0.1) is 10.1 Å². The summed E-state index contributed by atoms with van der Waals surface area (Å²) in [5.74, 6) is -0.708. The van der Waals surface area contributed by atoms with Gasteiger partial charge in [-0.15, -0.1) is 0 Å². The lowest BCUT2D eigenvalue weighted by Crippen LogP contribution is -2.44. The molecule has 114 valence electrons. The van der Waals surface area contributed by atoms with Crippen LogP contribution >= 0.6 is 0 Å². The Kier molecular flexibility index (Phi) is 4.51. The number of H-pyrrole nitrogens is 1. The molecule has 1 aromatic heterocycles. The van der Waals surface area contributed by atoms with Crippen LogP contribution in [0.15, 0.2) is 11.1 Å². The summed E-state index contributed by atoms with van der Waals surface area (Å²) in [5, 5.41) is 10.8. The number of amides is 1. The lowest BCUT2D eigenvalue weighted by Gasteiger charge is -2.33. The smallest absolute Gasteiger partial charge is 0.395 e. The molecule has 9 nitrogen and oxygen atoms in total. The molecule has 1 aliphatic rings. The summed E-state index contributed by atoms with van der Waals surface area (Å²) in [4.78, 5) is 40.7. The van der Waals surface area contributed by atoms with E-state index in [2.05, 4.69) is 9.97 Å². The van der Waals surface area contributed by atoms with E-state index in [-0.39, 0.29) is 18.6 Å². The molecule has 1 N–H and O–H groups in total. The van der Waals surface area contributed by atoms with Gasteiger partial charge in [-0.1, -0.05) is 0 Å². The van der Waals surface area contributed by atoms with E-state index in [9.17, 15) is 19.7 Å². The Morgan fingerprint density at radius 3 is 3.05 bits per heavy atom. The number of carbonyl (C=O) groups is 1. The van der Waals surface area contributed by atoms with Gasteiger partial charge in [0.1, 0.15) is 0 Å². The Hall–Kier alpha value is -2.45. The Bertz CT molecular complexity index is 600. The molecule has 0 aliphatic carbocycles. The van der Waals surface area contributed by atoms with Crippen LogP contribution in [0.1, 0.15) is 26.2 Å². The number of nitro groups is 1. The van der Waals surface area contributed by atoms with E-state index in [1.807, 2.05) is 6.92 Å². The number of nitrogens with one attached hydrogen (secondary N) is 1. The summed E-state index contributed by atoms with van der Waals surface area (Å²) in [6, 6.07) is 0.122. The normalized spacial score (nSPS) is 18.3. The fourth-order valence-electron chi connectivity index (χ4n) is 2.32. The van der Waals surface area contributed by atoms with Crippen LogP contribution in [0.2, 0.25) is 0 Å². The first-order valence-electron chi connectivity index (χ1n) is 6.65. The van der Waals surface area contributed by atoms with Crippen LogP contribution in [-0.4, -0.2) is 44.9 Å². The largest absolute Gasteiger partial charge is 0.463 e. The molecule has 0 bridgehead atoms. The molecule has 1 atom stereocenters. The molecule has 1 saturated heterocycles. The highest BCUT2D eigenvalue weighted by molar-refractivity contribution is 5.78. The minimum Gasteiger partial charge on any atom is -0.463 e. The molecule has 1 fully saturated rings. The zero-order chi connectivity index (χ0) is 15.4. The van der Waals surface area contributed by atoms with E-state index >= 15 is 0 Å². The molecule has 2 rings (SSSR count). The minimum absolute atomic E-state index is 0.122. The Labute approximate surface area is 120 Å². The molecule has 2 heterocycles. The van der Waals surface area contributed by atoms with Crippen molar-refractivity contribution in [3.05, 3.63) is 26.8 Å². The van der Waals surface area contributed by atoms with Crippen molar-refractivity contribution >= 4 is 11.6 Å². The SMILES string of the molecule is C[C@@H]1CCCCN1C(=O)COc1nc[nH]c(=O)c1[N+](=O)[O-]. The average molecular weight is 296 g/mol. The Morgan fingerprint density at radius 2 is 2.38 bits per heavy atom. The van der Waals surface area contributed by atoms with Gasteiger partial charge in [-0.2, -0.15) is 4.98 Å². The van der Waals surface area contributed by atoms with E-state index in [0.717, 1.165) is 25.6 Å². The van der Waals surface area contributed by atoms with Gasteiger partial charge in [0.15, 0.2) is 6.61 Å². The van der Waals surface area contributed by atoms with Crippen molar-refractivity contribution in [2.24, 2.45) is 0 Å². The van der Waals surface area contributed by atoms with Crippen molar-refractivity contribution < 1.29 is 14.5 Å². The number of ether oxygens (including phenoxy) is 1. The van der Waals surface area contributed by atoms with Crippen molar-refractivity contribution in [1.82, 2.24) is 14.9 Å². The molecule has 0 radical (unpaired) electrons. The van der Waals surface area contributed by atoms with Crippen LogP contribution in [0.5, 0.6) is 5.88 Å². The van der Waals surface area contributed by atoms with Crippen molar-refractivity contribution in [3.63, 3.8) is 0 Å². The first-order valence-corrected chi connectivity index (χ1v) is 6.65. The zero-order valence-electron chi connectivity index (χ0n) is 11.6. The van der Waals surface area contributed by atoms with Crippen LogP contribution in [0.4, 0.5) is 5.69 Å². The molecule has 1 aromatic rings. The monoisotopic (exact) mass is 296 g/mol. The first-order chi connectivity index (χ1) is 10.0. The topological polar surface area (TPSA) is 118 Å². The third-order valence-corrected chi connectivity index (χ3v) is 3.43. The number of piperidine rings is 1. The number of carbonyl (C=O) groups excluding carboxylic acids is 1. The average Bonchev–Trinajstić information content (AvgIpc) is 2.44. The molecule has 0 spiro atoms. The van der Waals surface area contributed by atoms with E-state index in [0.29, 0.717) is 6.54 Å². The van der Waals surface area contributed by atoms with E-state index in [1.165, 1.54) is 0 Å². The number of rotatable bonds is 4. The third-order valence-electron chi connectivity index (χ3n) is 3.43. The maximum Gasteiger partial charge on any atom is 0.395 e. The second-order valence-corrected chi connectivity index (χ2v) is 4.86. The minimum atomic E-state index is -0.913. The summed E-state index contributed by atoms with van der Waals surface area (Å²) in [7, 11) is 0. The maximum atomic E-state index is 12.1. The van der Waals surface area contributed by atoms with E-state index in [1.54, 1.807) is 4.90 Å². The second kappa shape index (κ2) is 6.33. The van der Waals surface area contributed by atoms with Gasteiger partial charge in [0.05, 0.1) is 11.3 Å². The van der Waals surface area contributed by atoms with Crippen molar-refractivity contribution in [2.45, 2.75) is 32.2 Å². The third kappa shape index (κ3) is 3.36.